The van der Waals surface area contributed by atoms with Gasteiger partial charge in [0.15, 0.2) is 6.10 Å². The van der Waals surface area contributed by atoms with Crippen molar-refractivity contribution in [3.05, 3.63) is 59.7 Å². The number of benzene rings is 2. The molecule has 0 aromatic heterocycles. The molecule has 1 N–H and O–H groups in total. The lowest BCUT2D eigenvalue weighted by molar-refractivity contribution is -0.128. The zero-order valence-corrected chi connectivity index (χ0v) is 17.7. The molecule has 0 radical (unpaired) electrons. The van der Waals surface area contributed by atoms with Gasteiger partial charge in [-0.15, -0.1) is 0 Å². The van der Waals surface area contributed by atoms with E-state index in [2.05, 4.69) is 32.2 Å². The third-order valence-electron chi connectivity index (χ3n) is 5.12. The monoisotopic (exact) mass is 394 g/mol. The molecule has 1 aliphatic rings. The van der Waals surface area contributed by atoms with E-state index in [9.17, 15) is 9.59 Å². The summed E-state index contributed by atoms with van der Waals surface area (Å²) in [6.45, 7) is 9.55. The quantitative estimate of drug-likeness (QED) is 0.784. The summed E-state index contributed by atoms with van der Waals surface area (Å²) in [7, 11) is 0. The summed E-state index contributed by atoms with van der Waals surface area (Å²) in [5.74, 6) is 0.667. The summed E-state index contributed by atoms with van der Waals surface area (Å²) >= 11 is 0. The van der Waals surface area contributed by atoms with Crippen LogP contribution in [0.3, 0.4) is 0 Å². The molecule has 5 heteroatoms. The molecule has 2 aromatic carbocycles. The molecule has 2 aromatic rings. The molecule has 1 aliphatic heterocycles. The third-order valence-corrected chi connectivity index (χ3v) is 5.12. The number of rotatable bonds is 6. The third kappa shape index (κ3) is 5.59. The minimum atomic E-state index is -0.631. The smallest absolute Gasteiger partial charge is 0.265 e. The molecule has 29 heavy (non-hydrogen) atoms. The van der Waals surface area contributed by atoms with Crippen LogP contribution in [0.4, 0.5) is 5.69 Å². The van der Waals surface area contributed by atoms with Gasteiger partial charge >= 0.3 is 0 Å². The fourth-order valence-corrected chi connectivity index (χ4v) is 3.38. The van der Waals surface area contributed by atoms with Gasteiger partial charge < -0.3 is 15.0 Å². The Labute approximate surface area is 173 Å². The number of carbonyl (C=O) groups is 2. The van der Waals surface area contributed by atoms with Gasteiger partial charge in [0.05, 0.1) is 0 Å². The Hall–Kier alpha value is -2.82. The Kier molecular flexibility index (Phi) is 6.26. The topological polar surface area (TPSA) is 58.6 Å². The second-order valence-corrected chi connectivity index (χ2v) is 8.65. The van der Waals surface area contributed by atoms with Crippen molar-refractivity contribution in [3.63, 3.8) is 0 Å². The van der Waals surface area contributed by atoms with Gasteiger partial charge in [-0.2, -0.15) is 0 Å². The van der Waals surface area contributed by atoms with Crippen molar-refractivity contribution in [1.29, 1.82) is 0 Å². The van der Waals surface area contributed by atoms with Crippen LogP contribution in [0, 0.1) is 0 Å². The number of likely N-dealkylation sites (tertiary alicyclic amines) is 1. The van der Waals surface area contributed by atoms with E-state index >= 15 is 0 Å². The highest BCUT2D eigenvalue weighted by Gasteiger charge is 2.21. The summed E-state index contributed by atoms with van der Waals surface area (Å²) in [5.41, 5.74) is 2.89. The first-order chi connectivity index (χ1) is 13.7. The Morgan fingerprint density at radius 1 is 1.17 bits per heavy atom. The van der Waals surface area contributed by atoms with Crippen LogP contribution < -0.4 is 10.1 Å². The van der Waals surface area contributed by atoms with E-state index in [1.165, 1.54) is 0 Å². The van der Waals surface area contributed by atoms with Crippen molar-refractivity contribution in [1.82, 2.24) is 4.90 Å². The minimum Gasteiger partial charge on any atom is -0.481 e. The predicted molar refractivity (Wildman–Crippen MR) is 115 cm³/mol. The van der Waals surface area contributed by atoms with E-state index in [-0.39, 0.29) is 17.2 Å². The van der Waals surface area contributed by atoms with Crippen LogP contribution in [0.2, 0.25) is 0 Å². The van der Waals surface area contributed by atoms with Crippen LogP contribution in [0.1, 0.15) is 51.7 Å². The van der Waals surface area contributed by atoms with Crippen molar-refractivity contribution in [3.8, 4) is 5.75 Å². The highest BCUT2D eigenvalue weighted by atomic mass is 16.5. The molecule has 1 unspecified atom stereocenters. The average molecular weight is 395 g/mol. The minimum absolute atomic E-state index is 0.0159. The summed E-state index contributed by atoms with van der Waals surface area (Å²) in [5, 5.41) is 2.92. The maximum absolute atomic E-state index is 12.6. The van der Waals surface area contributed by atoms with E-state index < -0.39 is 6.10 Å². The number of hydrogen-bond donors (Lipinski definition) is 1. The van der Waals surface area contributed by atoms with Gasteiger partial charge in [-0.1, -0.05) is 45.0 Å². The molecule has 2 amide bonds. The molecule has 1 saturated heterocycles. The Balaban J connectivity index is 1.61. The zero-order chi connectivity index (χ0) is 21.0. The second kappa shape index (κ2) is 8.68. The van der Waals surface area contributed by atoms with E-state index in [0.717, 1.165) is 24.1 Å². The van der Waals surface area contributed by atoms with Gasteiger partial charge in [0, 0.05) is 25.2 Å². The number of ether oxygens (including phenoxy) is 1. The van der Waals surface area contributed by atoms with Gasteiger partial charge in [0.25, 0.3) is 5.91 Å². The Morgan fingerprint density at radius 3 is 2.62 bits per heavy atom. The molecule has 5 nitrogen and oxygen atoms in total. The zero-order valence-electron chi connectivity index (χ0n) is 17.7. The van der Waals surface area contributed by atoms with E-state index in [1.807, 2.05) is 47.4 Å². The van der Waals surface area contributed by atoms with E-state index in [4.69, 9.17) is 4.74 Å². The summed E-state index contributed by atoms with van der Waals surface area (Å²) in [6.07, 6.45) is 0.913. The summed E-state index contributed by atoms with van der Waals surface area (Å²) in [6, 6.07) is 15.5. The largest absolute Gasteiger partial charge is 0.481 e. The molecule has 3 rings (SSSR count). The number of amides is 2. The first kappa shape index (κ1) is 20.9. The lowest BCUT2D eigenvalue weighted by atomic mass is 9.87. The molecular weight excluding hydrogens is 364 g/mol. The lowest BCUT2D eigenvalue weighted by Crippen LogP contribution is -2.30. The lowest BCUT2D eigenvalue weighted by Gasteiger charge is -2.21. The molecular formula is C24H30N2O3. The average Bonchev–Trinajstić information content (AvgIpc) is 3.06. The van der Waals surface area contributed by atoms with Crippen molar-refractivity contribution < 1.29 is 14.3 Å². The van der Waals surface area contributed by atoms with Crippen LogP contribution in [-0.2, 0) is 21.5 Å². The van der Waals surface area contributed by atoms with Gasteiger partial charge in [-0.25, -0.2) is 0 Å². The van der Waals surface area contributed by atoms with Crippen molar-refractivity contribution in [2.75, 3.05) is 11.9 Å². The van der Waals surface area contributed by atoms with Gasteiger partial charge in [0.1, 0.15) is 5.75 Å². The maximum Gasteiger partial charge on any atom is 0.265 e. The molecule has 0 saturated carbocycles. The molecule has 0 spiro atoms. The molecule has 154 valence electrons. The molecule has 1 fully saturated rings. The number of nitrogens with zero attached hydrogens (tertiary/aromatic N) is 1. The molecule has 0 bridgehead atoms. The van der Waals surface area contributed by atoms with Crippen molar-refractivity contribution >= 4 is 17.5 Å². The number of hydrogen-bond acceptors (Lipinski definition) is 3. The first-order valence-corrected chi connectivity index (χ1v) is 10.2. The van der Waals surface area contributed by atoms with Crippen LogP contribution in [0.25, 0.3) is 0 Å². The Bertz CT molecular complexity index is 886. The van der Waals surface area contributed by atoms with Crippen LogP contribution in [-0.4, -0.2) is 29.4 Å². The number of nitrogens with one attached hydrogen (secondary N) is 1. The fraction of sp³-hybridized carbons (Fsp3) is 0.417. The van der Waals surface area contributed by atoms with Crippen LogP contribution in [0.5, 0.6) is 5.75 Å². The highest BCUT2D eigenvalue weighted by molar-refractivity contribution is 5.94. The van der Waals surface area contributed by atoms with E-state index in [0.29, 0.717) is 24.4 Å². The normalized spacial score (nSPS) is 15.3. The van der Waals surface area contributed by atoms with Gasteiger partial charge in [-0.3, -0.25) is 9.59 Å². The first-order valence-electron chi connectivity index (χ1n) is 10.2. The molecule has 1 heterocycles. The van der Waals surface area contributed by atoms with Crippen molar-refractivity contribution in [2.24, 2.45) is 0 Å². The second-order valence-electron chi connectivity index (χ2n) is 8.65. The standard InChI is InChI=1S/C24H30N2O3/c1-17(29-21-11-6-9-19(15-21)24(2,3)4)23(28)25-20-10-5-8-18(14-20)16-26-13-7-12-22(26)27/h5-6,8-11,14-15,17H,7,12-13,16H2,1-4H3,(H,25,28). The van der Waals surface area contributed by atoms with E-state index in [1.54, 1.807) is 6.92 Å². The summed E-state index contributed by atoms with van der Waals surface area (Å²) in [4.78, 5) is 26.3. The van der Waals surface area contributed by atoms with Crippen LogP contribution in [0.15, 0.2) is 48.5 Å². The summed E-state index contributed by atoms with van der Waals surface area (Å²) < 4.78 is 5.87. The Morgan fingerprint density at radius 2 is 1.93 bits per heavy atom. The van der Waals surface area contributed by atoms with Crippen LogP contribution >= 0.6 is 0 Å². The predicted octanol–water partition coefficient (Wildman–Crippen LogP) is 4.51. The van der Waals surface area contributed by atoms with Crippen molar-refractivity contribution in [2.45, 2.75) is 58.6 Å². The van der Waals surface area contributed by atoms with Gasteiger partial charge in [0.2, 0.25) is 5.91 Å². The molecule has 0 aliphatic carbocycles. The van der Waals surface area contributed by atoms with Gasteiger partial charge in [-0.05, 0) is 54.2 Å². The molecule has 1 atom stereocenters. The maximum atomic E-state index is 12.6. The SMILES string of the molecule is CC(Oc1cccc(C(C)(C)C)c1)C(=O)Nc1cccc(CN2CCCC2=O)c1. The highest BCUT2D eigenvalue weighted by Crippen LogP contribution is 2.26. The number of anilines is 1. The number of carbonyl (C=O) groups excluding carboxylic acids is 2. The fourth-order valence-electron chi connectivity index (χ4n) is 3.38.